The van der Waals surface area contributed by atoms with E-state index in [4.69, 9.17) is 4.74 Å². The summed E-state index contributed by atoms with van der Waals surface area (Å²) in [6.07, 6.45) is 3.53. The molecule has 2 aromatic rings. The Morgan fingerprint density at radius 2 is 1.96 bits per heavy atom. The van der Waals surface area contributed by atoms with Crippen molar-refractivity contribution in [2.75, 3.05) is 10.6 Å². The highest BCUT2D eigenvalue weighted by Crippen LogP contribution is 2.24. The van der Waals surface area contributed by atoms with Crippen molar-refractivity contribution in [2.45, 2.75) is 39.2 Å². The number of hydrogen-bond acceptors (Lipinski definition) is 4. The predicted molar refractivity (Wildman–Crippen MR) is 96.4 cm³/mol. The lowest BCUT2D eigenvalue weighted by Gasteiger charge is -2.20. The van der Waals surface area contributed by atoms with E-state index < -0.39 is 17.5 Å². The van der Waals surface area contributed by atoms with E-state index in [0.29, 0.717) is 6.42 Å². The molecule has 2 rings (SSSR count). The first kappa shape index (κ1) is 19.4. The van der Waals surface area contributed by atoms with Gasteiger partial charge in [0.15, 0.2) is 0 Å². The van der Waals surface area contributed by atoms with Crippen LogP contribution in [0.5, 0.6) is 0 Å². The number of aromatic nitrogens is 2. The molecule has 140 valence electrons. The van der Waals surface area contributed by atoms with Crippen LogP contribution in [0.2, 0.25) is 0 Å². The summed E-state index contributed by atoms with van der Waals surface area (Å²) in [4.78, 5) is 24.1. The van der Waals surface area contributed by atoms with Crippen LogP contribution in [0.1, 0.15) is 32.8 Å². The summed E-state index contributed by atoms with van der Waals surface area (Å²) >= 11 is 0. The highest BCUT2D eigenvalue weighted by Gasteiger charge is 2.18. The van der Waals surface area contributed by atoms with Crippen LogP contribution in [0.25, 0.3) is 0 Å². The van der Waals surface area contributed by atoms with Crippen molar-refractivity contribution in [3.8, 4) is 0 Å². The zero-order valence-electron chi connectivity index (χ0n) is 15.3. The Bertz CT molecular complexity index is 796. The molecular formula is C18H23FN4O3. The van der Waals surface area contributed by atoms with Gasteiger partial charge < -0.3 is 10.1 Å². The van der Waals surface area contributed by atoms with Crippen LogP contribution in [0.4, 0.5) is 20.6 Å². The van der Waals surface area contributed by atoms with E-state index in [1.54, 1.807) is 38.7 Å². The number of rotatable bonds is 5. The fourth-order valence-corrected chi connectivity index (χ4v) is 2.21. The Balaban J connectivity index is 2.01. The lowest BCUT2D eigenvalue weighted by atomic mass is 10.2. The second kappa shape index (κ2) is 7.99. The molecule has 1 heterocycles. The van der Waals surface area contributed by atoms with Crippen LogP contribution in [0, 0.1) is 5.82 Å². The molecule has 2 N–H and O–H groups in total. The van der Waals surface area contributed by atoms with Gasteiger partial charge in [-0.3, -0.25) is 14.8 Å². The molecule has 0 aliphatic heterocycles. The van der Waals surface area contributed by atoms with Gasteiger partial charge in [-0.15, -0.1) is 0 Å². The highest BCUT2D eigenvalue weighted by molar-refractivity contribution is 5.97. The van der Waals surface area contributed by atoms with Gasteiger partial charge >= 0.3 is 6.09 Å². The van der Waals surface area contributed by atoms with E-state index in [9.17, 15) is 14.0 Å². The highest BCUT2D eigenvalue weighted by atomic mass is 19.1. The van der Waals surface area contributed by atoms with Crippen molar-refractivity contribution in [2.24, 2.45) is 7.05 Å². The maximum absolute atomic E-state index is 13.6. The van der Waals surface area contributed by atoms with Crippen molar-refractivity contribution in [1.29, 1.82) is 0 Å². The van der Waals surface area contributed by atoms with E-state index in [-0.39, 0.29) is 23.7 Å². The molecule has 0 unspecified atom stereocenters. The van der Waals surface area contributed by atoms with Crippen LogP contribution in [0.15, 0.2) is 30.6 Å². The minimum absolute atomic E-state index is 0.173. The number of carbonyl (C=O) groups excluding carboxylic acids is 2. The fourth-order valence-electron chi connectivity index (χ4n) is 2.21. The number of ether oxygens (including phenoxy) is 1. The smallest absolute Gasteiger partial charge is 0.412 e. The van der Waals surface area contributed by atoms with Crippen LogP contribution < -0.4 is 10.6 Å². The molecule has 0 aliphatic rings. The number of amides is 2. The maximum Gasteiger partial charge on any atom is 0.412 e. The molecule has 0 aliphatic carbocycles. The van der Waals surface area contributed by atoms with Crippen LogP contribution in [-0.4, -0.2) is 27.4 Å². The predicted octanol–water partition coefficient (Wildman–Crippen LogP) is 3.48. The molecule has 0 atom stereocenters. The molecule has 0 saturated carbocycles. The van der Waals surface area contributed by atoms with Crippen LogP contribution in [-0.2, 0) is 23.0 Å². The van der Waals surface area contributed by atoms with Gasteiger partial charge in [-0.1, -0.05) is 0 Å². The van der Waals surface area contributed by atoms with Gasteiger partial charge in [0.05, 0.1) is 17.6 Å². The van der Waals surface area contributed by atoms with Gasteiger partial charge in [0.25, 0.3) is 0 Å². The molecule has 26 heavy (non-hydrogen) atoms. The average molecular weight is 362 g/mol. The number of benzene rings is 1. The largest absolute Gasteiger partial charge is 0.444 e. The third-order valence-electron chi connectivity index (χ3n) is 3.29. The fraction of sp³-hybridized carbons (Fsp3) is 0.389. The third kappa shape index (κ3) is 6.19. The quantitative estimate of drug-likeness (QED) is 0.853. The number of anilines is 2. The standard InChI is InChI=1S/C18H23FN4O3/c1-18(2,3)26-17(25)22-14-7-6-13(19)9-15(14)21-16(24)8-5-12-10-20-23(4)11-12/h6-7,9-11H,5,8H2,1-4H3,(H,21,24)(H,22,25). The first-order valence-corrected chi connectivity index (χ1v) is 8.19. The van der Waals surface area contributed by atoms with Gasteiger partial charge in [-0.2, -0.15) is 5.10 Å². The molecule has 0 spiro atoms. The summed E-state index contributed by atoms with van der Waals surface area (Å²) in [5.41, 5.74) is 0.688. The topological polar surface area (TPSA) is 85.2 Å². The first-order valence-electron chi connectivity index (χ1n) is 8.19. The number of halogens is 1. The Hall–Kier alpha value is -2.90. The van der Waals surface area contributed by atoms with Gasteiger partial charge in [-0.05, 0) is 51.0 Å². The van der Waals surface area contributed by atoms with Crippen molar-refractivity contribution in [3.05, 3.63) is 42.0 Å². The second-order valence-electron chi connectivity index (χ2n) is 6.89. The SMILES string of the molecule is Cn1cc(CCC(=O)Nc2cc(F)ccc2NC(=O)OC(C)(C)C)cn1. The number of hydrogen-bond donors (Lipinski definition) is 2. The van der Waals surface area contributed by atoms with Crippen molar-refractivity contribution in [1.82, 2.24) is 9.78 Å². The normalized spacial score (nSPS) is 11.1. The Labute approximate surface area is 151 Å². The molecule has 0 saturated heterocycles. The zero-order chi connectivity index (χ0) is 19.3. The average Bonchev–Trinajstić information content (AvgIpc) is 2.92. The minimum Gasteiger partial charge on any atom is -0.444 e. The summed E-state index contributed by atoms with van der Waals surface area (Å²) in [7, 11) is 1.80. The van der Waals surface area contributed by atoms with Gasteiger partial charge in [-0.25, -0.2) is 9.18 Å². The lowest BCUT2D eigenvalue weighted by molar-refractivity contribution is -0.116. The molecule has 0 fully saturated rings. The molecule has 1 aromatic heterocycles. The Morgan fingerprint density at radius 3 is 2.58 bits per heavy atom. The zero-order valence-corrected chi connectivity index (χ0v) is 15.3. The lowest BCUT2D eigenvalue weighted by Crippen LogP contribution is -2.27. The number of nitrogens with zero attached hydrogens (tertiary/aromatic N) is 2. The molecule has 7 nitrogen and oxygen atoms in total. The summed E-state index contributed by atoms with van der Waals surface area (Å²) in [6, 6.07) is 3.71. The second-order valence-corrected chi connectivity index (χ2v) is 6.89. The minimum atomic E-state index is -0.685. The number of aryl methyl sites for hydroxylation is 2. The van der Waals surface area contributed by atoms with Crippen molar-refractivity contribution >= 4 is 23.4 Å². The third-order valence-corrected chi connectivity index (χ3v) is 3.29. The molecule has 0 radical (unpaired) electrons. The summed E-state index contributed by atoms with van der Waals surface area (Å²) in [5, 5.41) is 9.18. The van der Waals surface area contributed by atoms with Gasteiger partial charge in [0.2, 0.25) is 5.91 Å². The molecule has 8 heteroatoms. The van der Waals surface area contributed by atoms with E-state index >= 15 is 0 Å². The van der Waals surface area contributed by atoms with Crippen molar-refractivity contribution in [3.63, 3.8) is 0 Å². The van der Waals surface area contributed by atoms with E-state index in [0.717, 1.165) is 11.6 Å². The van der Waals surface area contributed by atoms with Gasteiger partial charge in [0, 0.05) is 19.7 Å². The maximum atomic E-state index is 13.6. The molecule has 1 aromatic carbocycles. The van der Waals surface area contributed by atoms with Crippen molar-refractivity contribution < 1.29 is 18.7 Å². The molecule has 2 amide bonds. The Morgan fingerprint density at radius 1 is 1.23 bits per heavy atom. The summed E-state index contributed by atoms with van der Waals surface area (Å²) in [5.74, 6) is -0.825. The van der Waals surface area contributed by atoms with Crippen LogP contribution >= 0.6 is 0 Å². The van der Waals surface area contributed by atoms with Crippen LogP contribution in [0.3, 0.4) is 0 Å². The van der Waals surface area contributed by atoms with E-state index in [1.807, 2.05) is 6.20 Å². The Kier molecular flexibility index (Phi) is 5.97. The molecular weight excluding hydrogens is 339 g/mol. The van der Waals surface area contributed by atoms with E-state index in [1.165, 1.54) is 12.1 Å². The van der Waals surface area contributed by atoms with E-state index in [2.05, 4.69) is 15.7 Å². The summed E-state index contributed by atoms with van der Waals surface area (Å²) in [6.45, 7) is 5.20. The first-order chi connectivity index (χ1) is 12.1. The monoisotopic (exact) mass is 362 g/mol. The number of nitrogens with one attached hydrogen (secondary N) is 2. The van der Waals surface area contributed by atoms with Gasteiger partial charge in [0.1, 0.15) is 11.4 Å². The molecule has 0 bridgehead atoms. The number of carbonyl (C=O) groups is 2. The summed E-state index contributed by atoms with van der Waals surface area (Å²) < 4.78 is 20.4.